The summed E-state index contributed by atoms with van der Waals surface area (Å²) in [4.78, 5) is 28.6. The maximum atomic E-state index is 14.0. The number of nitrogens with zero attached hydrogens (tertiary/aromatic N) is 2. The first-order chi connectivity index (χ1) is 16.6. The molecule has 0 bridgehead atoms. The zero-order valence-electron chi connectivity index (χ0n) is 19.6. The second-order valence-electron chi connectivity index (χ2n) is 8.50. The summed E-state index contributed by atoms with van der Waals surface area (Å²) in [6.45, 7) is 3.82. The normalized spacial score (nSPS) is 12.9. The molecule has 3 aromatic rings. The fourth-order valence-electron chi connectivity index (χ4n) is 3.92. The number of nitrogens with one attached hydrogen (secondary N) is 2. The number of imidazole rings is 1. The summed E-state index contributed by atoms with van der Waals surface area (Å²) in [6, 6.07) is 4.79. The van der Waals surface area contributed by atoms with Crippen LogP contribution in [0.1, 0.15) is 54.0 Å². The van der Waals surface area contributed by atoms with Gasteiger partial charge in [0.2, 0.25) is 0 Å². The first kappa shape index (κ1) is 25.9. The maximum Gasteiger partial charge on any atom is 0.405 e. The van der Waals surface area contributed by atoms with Gasteiger partial charge >= 0.3 is 6.09 Å². The van der Waals surface area contributed by atoms with Crippen molar-refractivity contribution in [3.05, 3.63) is 64.6 Å². The topological polar surface area (TPSA) is 105 Å². The zero-order valence-corrected chi connectivity index (χ0v) is 19.6. The molecule has 0 saturated carbocycles. The number of hydrogen-bond donors (Lipinski definition) is 3. The molecule has 0 aliphatic carbocycles. The molecule has 11 heteroatoms. The van der Waals surface area contributed by atoms with Crippen molar-refractivity contribution < 1.29 is 32.6 Å². The average molecular weight is 492 g/mol. The van der Waals surface area contributed by atoms with E-state index in [-0.39, 0.29) is 34.8 Å². The summed E-state index contributed by atoms with van der Waals surface area (Å²) >= 11 is 0. The molecule has 1 aromatic carbocycles. The Labute approximate surface area is 200 Å². The maximum absolute atomic E-state index is 14.0. The van der Waals surface area contributed by atoms with Crippen LogP contribution in [0, 0.1) is 18.6 Å². The van der Waals surface area contributed by atoms with Crippen LogP contribution in [0.2, 0.25) is 0 Å². The van der Waals surface area contributed by atoms with Crippen LogP contribution in [0.4, 0.5) is 18.0 Å². The van der Waals surface area contributed by atoms with Gasteiger partial charge in [0.25, 0.3) is 5.91 Å². The highest BCUT2D eigenvalue weighted by Gasteiger charge is 2.28. The Kier molecular flexibility index (Phi) is 7.88. The smallest absolute Gasteiger partial charge is 0.405 e. The number of carbonyl (C=O) groups excluding carboxylic acids is 1. The molecule has 3 N–H and O–H groups in total. The van der Waals surface area contributed by atoms with Gasteiger partial charge in [-0.15, -0.1) is 0 Å². The van der Waals surface area contributed by atoms with Crippen molar-refractivity contribution in [2.75, 3.05) is 6.54 Å². The summed E-state index contributed by atoms with van der Waals surface area (Å²) in [6.07, 6.45) is 1.36. The van der Waals surface area contributed by atoms with E-state index in [9.17, 15) is 22.8 Å². The number of aryl methyl sites for hydroxylation is 1. The standard InChI is InChI=1S/C24H27F3N4O4/c1-4-8-24(3,30-23(33)34)13-28-22(32)20-14(2)29-21-19(9-15(10-25)11-31(20)21)35-12-16-17(26)6-5-7-18(16)27/h5-7,9,11,30H,4,8,10,12-13H2,1-3H3,(H,28,32)(H,33,34). The Hall–Kier alpha value is -3.76. The number of fused-ring (bicyclic) bond motifs is 1. The number of carbonyl (C=O) groups is 2. The van der Waals surface area contributed by atoms with Crippen LogP contribution in [-0.4, -0.2) is 38.6 Å². The Morgan fingerprint density at radius 3 is 2.54 bits per heavy atom. The van der Waals surface area contributed by atoms with Crippen LogP contribution in [0.3, 0.4) is 0 Å². The van der Waals surface area contributed by atoms with Crippen LogP contribution in [0.25, 0.3) is 5.65 Å². The van der Waals surface area contributed by atoms with E-state index in [0.29, 0.717) is 18.5 Å². The lowest BCUT2D eigenvalue weighted by Crippen LogP contribution is -2.53. The molecule has 0 aliphatic rings. The van der Waals surface area contributed by atoms with Crippen LogP contribution in [0.15, 0.2) is 30.5 Å². The van der Waals surface area contributed by atoms with Gasteiger partial charge in [-0.25, -0.2) is 22.9 Å². The van der Waals surface area contributed by atoms with E-state index < -0.39 is 42.5 Å². The lowest BCUT2D eigenvalue weighted by molar-refractivity contribution is 0.0929. The average Bonchev–Trinajstić information content (AvgIpc) is 3.12. The van der Waals surface area contributed by atoms with E-state index in [1.54, 1.807) is 13.8 Å². The van der Waals surface area contributed by atoms with E-state index in [1.165, 1.54) is 22.7 Å². The predicted molar refractivity (Wildman–Crippen MR) is 122 cm³/mol. The molecule has 3 rings (SSSR count). The second-order valence-corrected chi connectivity index (χ2v) is 8.50. The summed E-state index contributed by atoms with van der Waals surface area (Å²) < 4.78 is 48.6. The SMILES string of the molecule is CCCC(C)(CNC(=O)c1c(C)nc2c(OCc3c(F)cccc3F)cc(CF)cn12)NC(=O)O. The minimum Gasteiger partial charge on any atom is -0.485 e. The molecule has 8 nitrogen and oxygen atoms in total. The fourth-order valence-corrected chi connectivity index (χ4v) is 3.92. The van der Waals surface area contributed by atoms with Gasteiger partial charge in [-0.2, -0.15) is 0 Å². The van der Waals surface area contributed by atoms with E-state index in [0.717, 1.165) is 12.1 Å². The van der Waals surface area contributed by atoms with Crippen molar-refractivity contribution in [1.82, 2.24) is 20.0 Å². The predicted octanol–water partition coefficient (Wildman–Crippen LogP) is 4.53. The Morgan fingerprint density at radius 1 is 1.26 bits per heavy atom. The van der Waals surface area contributed by atoms with Gasteiger partial charge in [-0.05, 0) is 38.5 Å². The molecule has 0 spiro atoms. The zero-order chi connectivity index (χ0) is 25.8. The van der Waals surface area contributed by atoms with Crippen LogP contribution >= 0.6 is 0 Å². The number of halogens is 3. The summed E-state index contributed by atoms with van der Waals surface area (Å²) in [5.41, 5.74) is -0.445. The van der Waals surface area contributed by atoms with Crippen molar-refractivity contribution in [1.29, 1.82) is 0 Å². The van der Waals surface area contributed by atoms with E-state index in [1.807, 2.05) is 6.92 Å². The molecule has 188 valence electrons. The number of benzene rings is 1. The molecule has 0 radical (unpaired) electrons. The third-order valence-electron chi connectivity index (χ3n) is 5.57. The van der Waals surface area contributed by atoms with E-state index in [4.69, 9.17) is 9.84 Å². The minimum absolute atomic E-state index is 0.0113. The van der Waals surface area contributed by atoms with Crippen molar-refractivity contribution in [3.8, 4) is 5.75 Å². The van der Waals surface area contributed by atoms with Crippen LogP contribution < -0.4 is 15.4 Å². The first-order valence-electron chi connectivity index (χ1n) is 11.0. The molecule has 0 aliphatic heterocycles. The summed E-state index contributed by atoms with van der Waals surface area (Å²) in [5.74, 6) is -2.07. The van der Waals surface area contributed by atoms with Gasteiger partial charge in [-0.3, -0.25) is 9.20 Å². The number of pyridine rings is 1. The van der Waals surface area contributed by atoms with Crippen molar-refractivity contribution in [3.63, 3.8) is 0 Å². The minimum atomic E-state index is -1.21. The first-order valence-corrected chi connectivity index (χ1v) is 11.0. The summed E-state index contributed by atoms with van der Waals surface area (Å²) in [7, 11) is 0. The lowest BCUT2D eigenvalue weighted by Gasteiger charge is -2.29. The molecule has 1 unspecified atom stereocenters. The highest BCUT2D eigenvalue weighted by Crippen LogP contribution is 2.27. The Bertz CT molecular complexity index is 1230. The van der Waals surface area contributed by atoms with Gasteiger partial charge in [0.05, 0.1) is 16.8 Å². The highest BCUT2D eigenvalue weighted by atomic mass is 19.1. The second kappa shape index (κ2) is 10.7. The van der Waals surface area contributed by atoms with Crippen molar-refractivity contribution >= 4 is 17.6 Å². The third kappa shape index (κ3) is 5.84. The lowest BCUT2D eigenvalue weighted by atomic mass is 9.96. The number of ether oxygens (including phenoxy) is 1. The molecular weight excluding hydrogens is 465 g/mol. The fraction of sp³-hybridized carbons (Fsp3) is 0.375. The van der Waals surface area contributed by atoms with Gasteiger partial charge in [0.15, 0.2) is 11.4 Å². The Morgan fingerprint density at radius 2 is 1.94 bits per heavy atom. The summed E-state index contributed by atoms with van der Waals surface area (Å²) in [5, 5.41) is 14.3. The monoisotopic (exact) mass is 492 g/mol. The van der Waals surface area contributed by atoms with Crippen molar-refractivity contribution in [2.45, 2.75) is 52.4 Å². The number of alkyl halides is 1. The Balaban J connectivity index is 1.92. The van der Waals surface area contributed by atoms with E-state index in [2.05, 4.69) is 15.6 Å². The number of amides is 2. The number of aromatic nitrogens is 2. The quantitative estimate of drug-likeness (QED) is 0.386. The molecule has 1 atom stereocenters. The van der Waals surface area contributed by atoms with Crippen LogP contribution in [-0.2, 0) is 13.3 Å². The highest BCUT2D eigenvalue weighted by molar-refractivity contribution is 5.95. The molecule has 2 aromatic heterocycles. The molecule has 2 heterocycles. The van der Waals surface area contributed by atoms with Gasteiger partial charge in [0.1, 0.15) is 30.6 Å². The largest absolute Gasteiger partial charge is 0.485 e. The molecule has 0 fully saturated rings. The van der Waals surface area contributed by atoms with Gasteiger partial charge < -0.3 is 20.5 Å². The molecule has 35 heavy (non-hydrogen) atoms. The van der Waals surface area contributed by atoms with Gasteiger partial charge in [0, 0.05) is 18.3 Å². The van der Waals surface area contributed by atoms with E-state index >= 15 is 0 Å². The van der Waals surface area contributed by atoms with Crippen molar-refractivity contribution in [2.24, 2.45) is 0 Å². The number of carboxylic acid groups (broad SMARTS) is 1. The molecule has 0 saturated heterocycles. The van der Waals surface area contributed by atoms with Crippen LogP contribution in [0.5, 0.6) is 5.75 Å². The molecular formula is C24H27F3N4O4. The number of rotatable bonds is 10. The number of hydrogen-bond acceptors (Lipinski definition) is 4. The third-order valence-corrected chi connectivity index (χ3v) is 5.57. The van der Waals surface area contributed by atoms with Gasteiger partial charge in [-0.1, -0.05) is 19.4 Å². The molecule has 2 amide bonds.